The fourth-order valence-corrected chi connectivity index (χ4v) is 4.04. The first-order valence-corrected chi connectivity index (χ1v) is 8.88. The van der Waals surface area contributed by atoms with Crippen molar-refractivity contribution in [2.75, 3.05) is 6.61 Å². The molecule has 6 nitrogen and oxygen atoms in total. The Labute approximate surface area is 143 Å². The van der Waals surface area contributed by atoms with Gasteiger partial charge in [0, 0.05) is 10.9 Å². The van der Waals surface area contributed by atoms with Crippen LogP contribution in [0.15, 0.2) is 18.2 Å². The maximum absolute atomic E-state index is 12.3. The first-order valence-electron chi connectivity index (χ1n) is 8.06. The van der Waals surface area contributed by atoms with Crippen LogP contribution in [0.25, 0.3) is 0 Å². The molecule has 24 heavy (non-hydrogen) atoms. The van der Waals surface area contributed by atoms with Gasteiger partial charge in [0.15, 0.2) is 11.5 Å². The Morgan fingerprint density at radius 2 is 2.21 bits per heavy atom. The van der Waals surface area contributed by atoms with Crippen LogP contribution in [0.2, 0.25) is 0 Å². The van der Waals surface area contributed by atoms with Crippen LogP contribution in [0.1, 0.15) is 28.4 Å². The van der Waals surface area contributed by atoms with Crippen molar-refractivity contribution in [3.63, 3.8) is 0 Å². The zero-order valence-corrected chi connectivity index (χ0v) is 13.9. The molecule has 2 heterocycles. The molecule has 1 amide bonds. The average molecular weight is 346 g/mol. The number of nitrogens with zero attached hydrogens (tertiary/aromatic N) is 1. The van der Waals surface area contributed by atoms with Gasteiger partial charge in [-0.2, -0.15) is 0 Å². The van der Waals surface area contributed by atoms with Gasteiger partial charge in [0.25, 0.3) is 5.91 Å². The lowest BCUT2D eigenvalue weighted by molar-refractivity contribution is -0.130. The summed E-state index contributed by atoms with van der Waals surface area (Å²) in [5.74, 6) is 0.750. The molecule has 0 unspecified atom stereocenters. The molecule has 2 N–H and O–H groups in total. The van der Waals surface area contributed by atoms with Crippen molar-refractivity contribution < 1.29 is 19.4 Å². The molecule has 1 aromatic carbocycles. The molecule has 0 spiro atoms. The second kappa shape index (κ2) is 6.32. The zero-order valence-electron chi connectivity index (χ0n) is 13.1. The molecule has 4 rings (SSSR count). The molecule has 1 aliphatic carbocycles. The number of aryl methyl sites for hydroxylation is 2. The third-order valence-corrected chi connectivity index (χ3v) is 5.34. The van der Waals surface area contributed by atoms with Crippen molar-refractivity contribution in [1.29, 1.82) is 0 Å². The molecular formula is C17H18N2O4S. The van der Waals surface area contributed by atoms with Gasteiger partial charge in [-0.1, -0.05) is 0 Å². The Balaban J connectivity index is 1.37. The molecule has 1 aromatic heterocycles. The number of hydrogen-bond acceptors (Lipinski definition) is 6. The quantitative estimate of drug-likeness (QED) is 0.890. The summed E-state index contributed by atoms with van der Waals surface area (Å²) in [6.45, 7) is 0.557. The number of aromatic nitrogens is 1. The first-order chi connectivity index (χ1) is 11.7. The van der Waals surface area contributed by atoms with E-state index in [1.807, 2.05) is 0 Å². The standard InChI is InChI=1S/C17H18N2O4S/c20-10-5-6-12-13(7-10)23-14(9-22-12)17(21)18-8-16-19-11-3-1-2-4-15(11)24-16/h5-7,14,20H,1-4,8-9H2,(H,18,21)/t14-/m0/s1. The molecule has 2 aromatic rings. The van der Waals surface area contributed by atoms with E-state index in [1.54, 1.807) is 17.4 Å². The molecule has 0 saturated heterocycles. The topological polar surface area (TPSA) is 80.7 Å². The van der Waals surface area contributed by atoms with Crippen LogP contribution >= 0.6 is 11.3 Å². The van der Waals surface area contributed by atoms with Crippen LogP contribution in [0, 0.1) is 0 Å². The van der Waals surface area contributed by atoms with E-state index < -0.39 is 6.10 Å². The maximum Gasteiger partial charge on any atom is 0.265 e. The van der Waals surface area contributed by atoms with Crippen LogP contribution in [0.5, 0.6) is 17.2 Å². The van der Waals surface area contributed by atoms with Gasteiger partial charge in [0.1, 0.15) is 17.4 Å². The van der Waals surface area contributed by atoms with E-state index in [1.165, 1.54) is 35.5 Å². The smallest absolute Gasteiger partial charge is 0.265 e. The van der Waals surface area contributed by atoms with E-state index >= 15 is 0 Å². The number of benzene rings is 1. The molecule has 0 saturated carbocycles. The molecule has 1 aliphatic heterocycles. The minimum Gasteiger partial charge on any atom is -0.508 e. The van der Waals surface area contributed by atoms with E-state index in [-0.39, 0.29) is 18.3 Å². The number of hydrogen-bond donors (Lipinski definition) is 2. The van der Waals surface area contributed by atoms with Crippen molar-refractivity contribution in [2.24, 2.45) is 0 Å². The van der Waals surface area contributed by atoms with E-state index in [4.69, 9.17) is 9.47 Å². The number of nitrogens with one attached hydrogen (secondary N) is 1. The van der Waals surface area contributed by atoms with Crippen LogP contribution in [-0.4, -0.2) is 28.7 Å². The maximum atomic E-state index is 12.3. The van der Waals surface area contributed by atoms with Gasteiger partial charge in [-0.25, -0.2) is 4.98 Å². The van der Waals surface area contributed by atoms with Crippen molar-refractivity contribution in [3.05, 3.63) is 33.8 Å². The number of amides is 1. The van der Waals surface area contributed by atoms with Crippen molar-refractivity contribution in [3.8, 4) is 17.2 Å². The van der Waals surface area contributed by atoms with Gasteiger partial charge in [-0.3, -0.25) is 4.79 Å². The third kappa shape index (κ3) is 3.03. The highest BCUT2D eigenvalue weighted by Crippen LogP contribution is 2.34. The van der Waals surface area contributed by atoms with Gasteiger partial charge < -0.3 is 19.9 Å². The molecule has 0 fully saturated rings. The first kappa shape index (κ1) is 15.3. The van der Waals surface area contributed by atoms with E-state index in [2.05, 4.69) is 10.3 Å². The fourth-order valence-electron chi connectivity index (χ4n) is 2.95. The minimum atomic E-state index is -0.728. The lowest BCUT2D eigenvalue weighted by Gasteiger charge is -2.25. The number of thiazole rings is 1. The molecule has 0 radical (unpaired) electrons. The normalized spacial score (nSPS) is 18.8. The molecular weight excluding hydrogens is 328 g/mol. The van der Waals surface area contributed by atoms with Crippen molar-refractivity contribution in [2.45, 2.75) is 38.3 Å². The van der Waals surface area contributed by atoms with E-state index in [0.29, 0.717) is 18.0 Å². The minimum absolute atomic E-state index is 0.0757. The van der Waals surface area contributed by atoms with Gasteiger partial charge in [-0.15, -0.1) is 11.3 Å². The summed E-state index contributed by atoms with van der Waals surface area (Å²) >= 11 is 1.68. The second-order valence-electron chi connectivity index (χ2n) is 5.95. The summed E-state index contributed by atoms with van der Waals surface area (Å²) in [7, 11) is 0. The average Bonchev–Trinajstić information content (AvgIpc) is 3.02. The molecule has 7 heteroatoms. The molecule has 0 bridgehead atoms. The second-order valence-corrected chi connectivity index (χ2v) is 7.12. The number of carbonyl (C=O) groups excluding carboxylic acids is 1. The highest BCUT2D eigenvalue weighted by molar-refractivity contribution is 7.11. The van der Waals surface area contributed by atoms with E-state index in [0.717, 1.165) is 17.8 Å². The highest BCUT2D eigenvalue weighted by atomic mass is 32.1. The zero-order chi connectivity index (χ0) is 16.5. The lowest BCUT2D eigenvalue weighted by atomic mass is 10.0. The molecule has 2 aliphatic rings. The summed E-state index contributed by atoms with van der Waals surface area (Å²) in [6.07, 6.45) is 3.83. The number of ether oxygens (including phenoxy) is 2. The highest BCUT2D eigenvalue weighted by Gasteiger charge is 2.28. The lowest BCUT2D eigenvalue weighted by Crippen LogP contribution is -2.43. The van der Waals surface area contributed by atoms with Gasteiger partial charge in [-0.05, 0) is 37.8 Å². The van der Waals surface area contributed by atoms with Crippen molar-refractivity contribution in [1.82, 2.24) is 10.3 Å². The Morgan fingerprint density at radius 1 is 1.33 bits per heavy atom. The van der Waals surface area contributed by atoms with Gasteiger partial charge >= 0.3 is 0 Å². The Hall–Kier alpha value is -2.28. The van der Waals surface area contributed by atoms with Crippen LogP contribution in [0.3, 0.4) is 0 Å². The molecule has 126 valence electrons. The summed E-state index contributed by atoms with van der Waals surface area (Å²) in [5, 5.41) is 13.3. The summed E-state index contributed by atoms with van der Waals surface area (Å²) in [6, 6.07) is 4.59. The van der Waals surface area contributed by atoms with Gasteiger partial charge in [0.05, 0.1) is 12.2 Å². The molecule has 1 atom stereocenters. The number of phenols is 1. The number of aromatic hydroxyl groups is 1. The summed E-state index contributed by atoms with van der Waals surface area (Å²) in [5.41, 5.74) is 1.19. The SMILES string of the molecule is O=C(NCc1nc2c(s1)CCCC2)[C@@H]1COc2ccc(O)cc2O1. The van der Waals surface area contributed by atoms with Crippen LogP contribution in [-0.2, 0) is 24.2 Å². The number of phenolic OH excluding ortho intramolecular Hbond substituents is 1. The van der Waals surface area contributed by atoms with Crippen LogP contribution in [0.4, 0.5) is 0 Å². The van der Waals surface area contributed by atoms with Gasteiger partial charge in [0.2, 0.25) is 6.10 Å². The monoisotopic (exact) mass is 346 g/mol. The summed E-state index contributed by atoms with van der Waals surface area (Å²) < 4.78 is 11.2. The number of rotatable bonds is 3. The Kier molecular flexibility index (Phi) is 4.02. The van der Waals surface area contributed by atoms with Crippen molar-refractivity contribution >= 4 is 17.2 Å². The summed E-state index contributed by atoms with van der Waals surface area (Å²) in [4.78, 5) is 18.3. The third-order valence-electron chi connectivity index (χ3n) is 4.18. The predicted molar refractivity (Wildman–Crippen MR) is 88.6 cm³/mol. The number of fused-ring (bicyclic) bond motifs is 2. The van der Waals surface area contributed by atoms with Crippen LogP contribution < -0.4 is 14.8 Å². The predicted octanol–water partition coefficient (Wildman–Crippen LogP) is 2.18. The number of carbonyl (C=O) groups is 1. The fraction of sp³-hybridized carbons (Fsp3) is 0.412. The largest absolute Gasteiger partial charge is 0.508 e. The Bertz CT molecular complexity index is 750. The Morgan fingerprint density at radius 3 is 3.08 bits per heavy atom. The van der Waals surface area contributed by atoms with E-state index in [9.17, 15) is 9.90 Å².